The zero-order chi connectivity index (χ0) is 22.8. The van der Waals surface area contributed by atoms with Crippen molar-refractivity contribution in [2.75, 3.05) is 19.6 Å². The summed E-state index contributed by atoms with van der Waals surface area (Å²) in [6.45, 7) is 3.62. The van der Waals surface area contributed by atoms with Crippen LogP contribution in [0.25, 0.3) is 0 Å². The van der Waals surface area contributed by atoms with Crippen molar-refractivity contribution in [2.24, 2.45) is 11.6 Å². The second kappa shape index (κ2) is 9.74. The van der Waals surface area contributed by atoms with Crippen LogP contribution in [-0.2, 0) is 18.9 Å². The molecule has 3 fully saturated rings. The fraction of sp³-hybridized carbons (Fsp3) is 0.571. The molecule has 0 unspecified atom stereocenters. The van der Waals surface area contributed by atoms with Gasteiger partial charge < -0.3 is 15.5 Å². The van der Waals surface area contributed by atoms with Crippen molar-refractivity contribution >= 4 is 23.9 Å². The summed E-state index contributed by atoms with van der Waals surface area (Å²) in [4.78, 5) is 36.4. The summed E-state index contributed by atoms with van der Waals surface area (Å²) >= 11 is 1.01. The molecule has 0 radical (unpaired) electrons. The Morgan fingerprint density at radius 2 is 2.12 bits per heavy atom. The highest BCUT2D eigenvalue weighted by Gasteiger charge is 2.51. The molecule has 3 aliphatic rings. The molecule has 3 heterocycles. The Bertz CT molecular complexity index is 893. The van der Waals surface area contributed by atoms with E-state index < -0.39 is 6.04 Å². The van der Waals surface area contributed by atoms with Gasteiger partial charge in [0, 0.05) is 30.6 Å². The van der Waals surface area contributed by atoms with Crippen LogP contribution in [-0.4, -0.2) is 70.3 Å². The molecule has 3 saturated heterocycles. The maximum absolute atomic E-state index is 13.2. The van der Waals surface area contributed by atoms with E-state index in [9.17, 15) is 14.9 Å². The Labute approximate surface area is 191 Å². The molecule has 4 rings (SSSR count). The van der Waals surface area contributed by atoms with E-state index in [2.05, 4.69) is 15.4 Å². The number of nitrogens with zero attached hydrogens (tertiary/aromatic N) is 4. The number of rotatable bonds is 8. The molecule has 2 amide bonds. The zero-order valence-corrected chi connectivity index (χ0v) is 18.7. The molecular weight excluding hydrogens is 432 g/mol. The summed E-state index contributed by atoms with van der Waals surface area (Å²) in [5.74, 6) is 4.73. The Balaban J connectivity index is 1.35. The number of amides is 2. The van der Waals surface area contributed by atoms with Gasteiger partial charge in [-0.2, -0.15) is 11.2 Å². The first-order chi connectivity index (χ1) is 15.4. The van der Waals surface area contributed by atoms with Gasteiger partial charge in [0.1, 0.15) is 6.04 Å². The van der Waals surface area contributed by atoms with Crippen molar-refractivity contribution in [3.05, 3.63) is 29.8 Å². The largest absolute Gasteiger partial charge is 0.330 e. The number of likely N-dealkylation sites (tertiary alicyclic amines) is 3. The molecule has 0 aliphatic carbocycles. The Hall–Kier alpha value is -2.20. The van der Waals surface area contributed by atoms with Gasteiger partial charge in [-0.05, 0) is 43.9 Å². The average molecular weight is 461 g/mol. The number of hydrogen-bond donors (Lipinski definition) is 2. The van der Waals surface area contributed by atoms with Gasteiger partial charge in [0.25, 0.3) is 0 Å². The lowest BCUT2D eigenvalue weighted by molar-refractivity contribution is -0.195. The summed E-state index contributed by atoms with van der Waals surface area (Å²) in [7, 11) is 0. The van der Waals surface area contributed by atoms with E-state index in [0.29, 0.717) is 26.1 Å². The van der Waals surface area contributed by atoms with E-state index >= 15 is 0 Å². The van der Waals surface area contributed by atoms with Gasteiger partial charge in [-0.1, -0.05) is 12.1 Å². The van der Waals surface area contributed by atoms with Crippen LogP contribution in [0, 0.1) is 11.3 Å². The van der Waals surface area contributed by atoms with E-state index in [-0.39, 0.29) is 36.0 Å². The van der Waals surface area contributed by atoms with E-state index in [1.54, 1.807) is 4.90 Å². The van der Waals surface area contributed by atoms with E-state index in [1.807, 2.05) is 41.0 Å². The minimum atomic E-state index is -0.730. The van der Waals surface area contributed by atoms with Crippen LogP contribution in [0.3, 0.4) is 0 Å². The van der Waals surface area contributed by atoms with Crippen LogP contribution in [0.1, 0.15) is 37.8 Å². The van der Waals surface area contributed by atoms with Crippen molar-refractivity contribution in [2.45, 2.75) is 61.3 Å². The van der Waals surface area contributed by atoms with Crippen molar-refractivity contribution in [3.63, 3.8) is 0 Å². The van der Waals surface area contributed by atoms with Crippen LogP contribution in [0.4, 0.5) is 0 Å². The molecule has 4 N–H and O–H groups in total. The van der Waals surface area contributed by atoms with Gasteiger partial charge >= 0.3 is 0 Å². The lowest BCUT2D eigenvalue weighted by Crippen LogP contribution is -2.56. The fourth-order valence-electron chi connectivity index (χ4n) is 5.13. The summed E-state index contributed by atoms with van der Waals surface area (Å²) in [5, 5.41) is 9.24. The van der Waals surface area contributed by atoms with Crippen LogP contribution in [0.2, 0.25) is 0 Å². The summed E-state index contributed by atoms with van der Waals surface area (Å²) in [6, 6.07) is 8.52. The number of nitriles is 1. The Morgan fingerprint density at radius 1 is 1.38 bits per heavy atom. The third-order valence-corrected chi connectivity index (χ3v) is 7.31. The third kappa shape index (κ3) is 4.34. The minimum Gasteiger partial charge on any atom is -0.330 e. The monoisotopic (exact) mass is 460 g/mol. The highest BCUT2D eigenvalue weighted by atomic mass is 32.2. The Kier molecular flexibility index (Phi) is 6.99. The molecule has 3 aliphatic heterocycles. The van der Waals surface area contributed by atoms with Crippen LogP contribution >= 0.6 is 12.0 Å². The first kappa shape index (κ1) is 23.0. The molecule has 5 atom stereocenters. The van der Waals surface area contributed by atoms with Crippen molar-refractivity contribution in [3.8, 4) is 6.07 Å². The van der Waals surface area contributed by atoms with Gasteiger partial charge in [-0.25, -0.2) is 0 Å². The molecule has 32 heavy (non-hydrogen) atoms. The molecule has 1 aromatic carbocycles. The van der Waals surface area contributed by atoms with Crippen molar-refractivity contribution < 1.29 is 18.9 Å². The van der Waals surface area contributed by atoms with Crippen molar-refractivity contribution in [1.29, 1.82) is 5.26 Å². The second-order valence-electron chi connectivity index (χ2n) is 8.52. The first-order valence-corrected chi connectivity index (χ1v) is 11.5. The van der Waals surface area contributed by atoms with Gasteiger partial charge in [-0.3, -0.25) is 14.5 Å². The molecule has 172 valence electrons. The van der Waals surface area contributed by atoms with Gasteiger partial charge in [0.05, 0.1) is 36.2 Å². The predicted octanol–water partition coefficient (Wildman–Crippen LogP) is 0.704. The molecular formula is C21H28N6O4S. The Morgan fingerprint density at radius 3 is 2.78 bits per heavy atom. The van der Waals surface area contributed by atoms with Crippen LogP contribution in [0.5, 0.6) is 0 Å². The number of benzene rings is 1. The predicted molar refractivity (Wildman–Crippen MR) is 116 cm³/mol. The third-order valence-electron chi connectivity index (χ3n) is 6.70. The maximum atomic E-state index is 13.2. The highest BCUT2D eigenvalue weighted by Crippen LogP contribution is 2.38. The average Bonchev–Trinajstić information content (AvgIpc) is 3.51. The summed E-state index contributed by atoms with van der Waals surface area (Å²) in [6.07, 6.45) is 2.26. The van der Waals surface area contributed by atoms with E-state index in [1.165, 1.54) is 0 Å². The van der Waals surface area contributed by atoms with Gasteiger partial charge in [-0.15, -0.1) is 9.32 Å². The molecule has 2 bridgehead atoms. The van der Waals surface area contributed by atoms with Gasteiger partial charge in [0.15, 0.2) is 0 Å². The first-order valence-electron chi connectivity index (χ1n) is 10.8. The number of carbonyl (C=O) groups is 2. The summed E-state index contributed by atoms with van der Waals surface area (Å²) < 4.78 is 4.65. The molecule has 0 saturated carbocycles. The molecule has 11 heteroatoms. The molecule has 0 aromatic heterocycles. The fourth-order valence-corrected chi connectivity index (χ4v) is 5.49. The van der Waals surface area contributed by atoms with E-state index in [0.717, 1.165) is 35.3 Å². The quantitative estimate of drug-likeness (QED) is 0.326. The van der Waals surface area contributed by atoms with E-state index in [4.69, 9.17) is 11.6 Å². The molecule has 0 spiro atoms. The number of piperazine rings is 1. The number of hydrogen-bond acceptors (Lipinski definition) is 9. The minimum absolute atomic E-state index is 0.0679. The number of carbonyl (C=O) groups excluding carboxylic acids is 2. The van der Waals surface area contributed by atoms with Crippen LogP contribution < -0.4 is 11.6 Å². The zero-order valence-electron chi connectivity index (χ0n) is 17.9. The number of nitrogens with two attached hydrogens (primary N) is 2. The lowest BCUT2D eigenvalue weighted by atomic mass is 10.1. The topological polar surface area (TPSA) is 138 Å². The molecule has 1 aromatic rings. The van der Waals surface area contributed by atoms with Crippen LogP contribution in [0.15, 0.2) is 29.2 Å². The highest BCUT2D eigenvalue weighted by molar-refractivity contribution is 7.94. The standard InChI is InChI=1S/C21H28N6O4S/c1-13(14-4-6-17(7-5-14)32-31-30-24)27-16-9-19(21(27)29)25(11-16)12-18(23)20(28)26-8-2-3-15(26)10-22/h4-7,13,15-16,18-19H,2-3,8-9,11-12,23-24H2,1H3/t13-,15-,16-,18-,19-/m0/s1. The SMILES string of the molecule is C[C@@H](c1ccc(SOON)cc1)N1C(=O)[C@@H]2C[C@H]1CN2C[C@H](N)C(=O)N1CCC[C@H]1C#N. The molecule has 10 nitrogen and oxygen atoms in total. The van der Waals surface area contributed by atoms with Crippen molar-refractivity contribution in [1.82, 2.24) is 14.7 Å². The smallest absolute Gasteiger partial charge is 0.241 e. The second-order valence-corrected chi connectivity index (χ2v) is 9.30. The normalized spacial score (nSPS) is 27.1. The maximum Gasteiger partial charge on any atom is 0.241 e. The summed E-state index contributed by atoms with van der Waals surface area (Å²) in [5.41, 5.74) is 7.24. The lowest BCUT2D eigenvalue weighted by Gasteiger charge is -2.38. The number of fused-ring (bicyclic) bond motifs is 2. The van der Waals surface area contributed by atoms with Gasteiger partial charge in [0.2, 0.25) is 11.8 Å².